The van der Waals surface area contributed by atoms with Crippen LogP contribution in [0.15, 0.2) is 39.4 Å². The first kappa shape index (κ1) is 11.3. The lowest BCUT2D eigenvalue weighted by molar-refractivity contribution is -0.137. The van der Waals surface area contributed by atoms with E-state index in [0.29, 0.717) is 6.42 Å². The number of esters is 1. The van der Waals surface area contributed by atoms with E-state index in [-0.39, 0.29) is 5.97 Å². The highest BCUT2D eigenvalue weighted by atomic mass is 127. The van der Waals surface area contributed by atoms with Gasteiger partial charge < -0.3 is 4.74 Å². The number of ether oxygens (including phenoxy) is 1. The number of hydrogen-bond acceptors (Lipinski definition) is 2. The van der Waals surface area contributed by atoms with Gasteiger partial charge >= 0.3 is 5.97 Å². The van der Waals surface area contributed by atoms with E-state index in [0.717, 1.165) is 15.6 Å². The fourth-order valence-corrected chi connectivity index (χ4v) is 1.45. The molecule has 0 aromatic carbocycles. The Kier molecular flexibility index (Phi) is 4.70. The number of allylic oxidation sites excluding steroid dienone is 4. The van der Waals surface area contributed by atoms with Crippen molar-refractivity contribution in [3.63, 3.8) is 0 Å². The molecule has 0 spiro atoms. The van der Waals surface area contributed by atoms with E-state index in [1.54, 1.807) is 6.92 Å². The Morgan fingerprint density at radius 1 is 1.71 bits per heavy atom. The van der Waals surface area contributed by atoms with Gasteiger partial charge in [0, 0.05) is 16.4 Å². The van der Waals surface area contributed by atoms with Crippen LogP contribution in [0, 0.1) is 0 Å². The number of hydrogen-bond donors (Lipinski definition) is 0. The number of carbonyl (C=O) groups is 1. The molecule has 74 valence electrons. The molecule has 1 aliphatic carbocycles. The zero-order valence-corrected chi connectivity index (χ0v) is 10.1. The van der Waals surface area contributed by atoms with Crippen LogP contribution in [0.25, 0.3) is 0 Å². The Hall–Kier alpha value is -0.800. The molecule has 3 heteroatoms. The number of carbonyl (C=O) groups excluding carboxylic acids is 1. The third kappa shape index (κ3) is 3.94. The summed E-state index contributed by atoms with van der Waals surface area (Å²) in [4.78, 5) is 10.8. The van der Waals surface area contributed by atoms with Crippen LogP contribution in [0.3, 0.4) is 0 Å². The van der Waals surface area contributed by atoms with Gasteiger partial charge in [0.05, 0.1) is 0 Å². The van der Waals surface area contributed by atoms with Crippen molar-refractivity contribution in [1.82, 2.24) is 0 Å². The van der Waals surface area contributed by atoms with E-state index in [1.165, 1.54) is 6.26 Å². The third-order valence-corrected chi connectivity index (χ3v) is 2.26. The van der Waals surface area contributed by atoms with E-state index in [9.17, 15) is 4.79 Å². The normalized spacial score (nSPS) is 14.4. The molecule has 0 amide bonds. The summed E-state index contributed by atoms with van der Waals surface area (Å²) < 4.78 is 5.87. The van der Waals surface area contributed by atoms with Gasteiger partial charge in [0.2, 0.25) is 0 Å². The predicted octanol–water partition coefficient (Wildman–Crippen LogP) is 3.26. The summed E-state index contributed by atoms with van der Waals surface area (Å²) in [6.07, 6.45) is 8.49. The Labute approximate surface area is 97.2 Å². The molecule has 1 rings (SSSR count). The Morgan fingerprint density at radius 2 is 2.50 bits per heavy atom. The molecule has 0 fully saturated rings. The van der Waals surface area contributed by atoms with Gasteiger partial charge in [0.15, 0.2) is 0 Å². The lowest BCUT2D eigenvalue weighted by atomic mass is 10.2. The Balaban J connectivity index is 2.41. The van der Waals surface area contributed by atoms with Gasteiger partial charge in [-0.15, -0.1) is 5.73 Å². The van der Waals surface area contributed by atoms with E-state index < -0.39 is 0 Å². The maximum atomic E-state index is 10.8. The van der Waals surface area contributed by atoms with Crippen LogP contribution in [-0.4, -0.2) is 5.97 Å². The lowest BCUT2D eigenvalue weighted by Gasteiger charge is -1.98. The topological polar surface area (TPSA) is 26.3 Å². The molecule has 0 heterocycles. The van der Waals surface area contributed by atoms with Crippen molar-refractivity contribution in [2.75, 3.05) is 0 Å². The molecule has 0 aliphatic heterocycles. The maximum absolute atomic E-state index is 10.8. The van der Waals surface area contributed by atoms with Gasteiger partial charge in [0.25, 0.3) is 0 Å². The van der Waals surface area contributed by atoms with Crippen LogP contribution < -0.4 is 0 Å². The monoisotopic (exact) mass is 302 g/mol. The largest absolute Gasteiger partial charge is 0.434 e. The number of halogens is 1. The molecule has 0 atom stereocenters. The summed E-state index contributed by atoms with van der Waals surface area (Å²) in [5, 5.41) is 0. The molecule has 0 N–H and O–H groups in total. The standard InChI is InChI=1S/C11H11IO2/c1-2-11(13)14-8-10(12)7-9-5-3-4-6-9/h3-5,8H,2,7H2,1H3/b10-8-. The van der Waals surface area contributed by atoms with Gasteiger partial charge in [-0.25, -0.2) is 0 Å². The van der Waals surface area contributed by atoms with E-state index in [1.807, 2.05) is 18.2 Å². The van der Waals surface area contributed by atoms with Gasteiger partial charge in [-0.3, -0.25) is 4.79 Å². The summed E-state index contributed by atoms with van der Waals surface area (Å²) in [6.45, 7) is 1.77. The second-order valence-corrected chi connectivity index (χ2v) is 4.17. The lowest BCUT2D eigenvalue weighted by Crippen LogP contribution is -1.96. The molecule has 2 nitrogen and oxygen atoms in total. The zero-order chi connectivity index (χ0) is 10.4. The molecular weight excluding hydrogens is 291 g/mol. The highest BCUT2D eigenvalue weighted by Crippen LogP contribution is 2.19. The van der Waals surface area contributed by atoms with E-state index in [4.69, 9.17) is 4.74 Å². The molecule has 0 aromatic heterocycles. The highest BCUT2D eigenvalue weighted by Gasteiger charge is 2.00. The smallest absolute Gasteiger partial charge is 0.310 e. The minimum absolute atomic E-state index is 0.203. The van der Waals surface area contributed by atoms with E-state index in [2.05, 4.69) is 28.3 Å². The van der Waals surface area contributed by atoms with Gasteiger partial charge in [-0.1, -0.05) is 19.1 Å². The van der Waals surface area contributed by atoms with Crippen molar-refractivity contribution in [3.05, 3.63) is 39.4 Å². The van der Waals surface area contributed by atoms with Crippen molar-refractivity contribution in [2.24, 2.45) is 0 Å². The first-order chi connectivity index (χ1) is 6.72. The van der Waals surface area contributed by atoms with Crippen molar-refractivity contribution in [1.29, 1.82) is 0 Å². The van der Waals surface area contributed by atoms with Crippen LogP contribution in [0.1, 0.15) is 19.8 Å². The first-order valence-corrected chi connectivity index (χ1v) is 5.46. The average molecular weight is 302 g/mol. The SMILES string of the molecule is CCC(=O)O/C=C(\I)CC1=C=CC=C1. The summed E-state index contributed by atoms with van der Waals surface area (Å²) in [7, 11) is 0. The molecule has 0 saturated carbocycles. The Bertz CT molecular complexity index is 344. The van der Waals surface area contributed by atoms with Crippen LogP contribution in [0.2, 0.25) is 0 Å². The second kappa shape index (κ2) is 5.83. The molecular formula is C11H11IO2. The van der Waals surface area contributed by atoms with Gasteiger partial charge in [-0.05, 0) is 34.2 Å². The molecule has 0 unspecified atom stereocenters. The molecule has 0 radical (unpaired) electrons. The number of rotatable bonds is 4. The minimum Gasteiger partial charge on any atom is -0.434 e. The second-order valence-electron chi connectivity index (χ2n) is 2.78. The predicted molar refractivity (Wildman–Crippen MR) is 63.8 cm³/mol. The Morgan fingerprint density at radius 3 is 3.07 bits per heavy atom. The summed E-state index contributed by atoms with van der Waals surface area (Å²) in [6, 6.07) is 0. The van der Waals surface area contributed by atoms with Crippen LogP contribution in [-0.2, 0) is 9.53 Å². The van der Waals surface area contributed by atoms with Crippen molar-refractivity contribution >= 4 is 28.6 Å². The highest BCUT2D eigenvalue weighted by molar-refractivity contribution is 14.1. The first-order valence-electron chi connectivity index (χ1n) is 4.38. The molecule has 14 heavy (non-hydrogen) atoms. The maximum Gasteiger partial charge on any atom is 0.310 e. The van der Waals surface area contributed by atoms with Crippen molar-refractivity contribution in [3.8, 4) is 0 Å². The summed E-state index contributed by atoms with van der Waals surface area (Å²) >= 11 is 2.16. The third-order valence-electron chi connectivity index (χ3n) is 1.63. The molecule has 0 saturated heterocycles. The molecule has 0 bridgehead atoms. The van der Waals surface area contributed by atoms with Crippen molar-refractivity contribution in [2.45, 2.75) is 19.8 Å². The summed E-state index contributed by atoms with van der Waals surface area (Å²) in [5.41, 5.74) is 4.19. The van der Waals surface area contributed by atoms with Gasteiger partial charge in [-0.2, -0.15) is 0 Å². The fourth-order valence-electron chi connectivity index (χ4n) is 0.914. The van der Waals surface area contributed by atoms with Crippen LogP contribution in [0.5, 0.6) is 0 Å². The average Bonchev–Trinajstić information content (AvgIpc) is 2.66. The van der Waals surface area contributed by atoms with Crippen LogP contribution >= 0.6 is 22.6 Å². The minimum atomic E-state index is -0.203. The van der Waals surface area contributed by atoms with Gasteiger partial charge in [0.1, 0.15) is 6.26 Å². The fraction of sp³-hybridized carbons (Fsp3) is 0.273. The summed E-state index contributed by atoms with van der Waals surface area (Å²) in [5.74, 6) is -0.203. The molecule has 0 aromatic rings. The quantitative estimate of drug-likeness (QED) is 0.345. The van der Waals surface area contributed by atoms with E-state index >= 15 is 0 Å². The van der Waals surface area contributed by atoms with Crippen LogP contribution in [0.4, 0.5) is 0 Å². The van der Waals surface area contributed by atoms with Crippen molar-refractivity contribution < 1.29 is 9.53 Å². The zero-order valence-electron chi connectivity index (χ0n) is 7.92. The molecule has 1 aliphatic rings.